The predicted molar refractivity (Wildman–Crippen MR) is 118 cm³/mol. The van der Waals surface area contributed by atoms with Gasteiger partial charge in [-0.25, -0.2) is 8.42 Å². The molecule has 3 aromatic rings. The Hall–Kier alpha value is -1.98. The summed E-state index contributed by atoms with van der Waals surface area (Å²) in [5, 5.41) is 8.20. The summed E-state index contributed by atoms with van der Waals surface area (Å²) in [6.07, 6.45) is 2.14. The van der Waals surface area contributed by atoms with Gasteiger partial charge in [0, 0.05) is 5.56 Å². The number of rotatable bonds is 6. The Balaban J connectivity index is 0.00000225. The summed E-state index contributed by atoms with van der Waals surface area (Å²) < 4.78 is 30.4. The molecule has 3 rings (SSSR count). The van der Waals surface area contributed by atoms with Crippen molar-refractivity contribution in [3.63, 3.8) is 0 Å². The van der Waals surface area contributed by atoms with Gasteiger partial charge in [-0.05, 0) is 56.2 Å². The van der Waals surface area contributed by atoms with Crippen molar-refractivity contribution in [3.8, 4) is 11.4 Å². The summed E-state index contributed by atoms with van der Waals surface area (Å²) in [5.41, 5.74) is 4.10. The van der Waals surface area contributed by atoms with Gasteiger partial charge >= 0.3 is 21.1 Å². The third-order valence-electron chi connectivity index (χ3n) is 4.75. The van der Waals surface area contributed by atoms with Crippen LogP contribution in [-0.2, 0) is 31.1 Å². The number of benzene rings is 2. The van der Waals surface area contributed by atoms with Crippen LogP contribution in [0.5, 0.6) is 0 Å². The standard InChI is InChI=1S/C21H24N4O2S.CH4.W/c1-6-17(5)25-13-22-23-21(25)19-11-15(3)16(4)12-20(19)24-28(26,27)18-9-7-14(2)8-10-18;;/h7-13,17,24H,1,5-6H2,2-4H3;1H4;/q-2;;+2. The first-order chi connectivity index (χ1) is 13.2. The summed E-state index contributed by atoms with van der Waals surface area (Å²) in [7, 11) is -3.75. The minimum Gasteiger partial charge on any atom is -0.344 e. The van der Waals surface area contributed by atoms with E-state index >= 15 is 0 Å². The number of anilines is 1. The molecule has 0 radical (unpaired) electrons. The Morgan fingerprint density at radius 1 is 1.10 bits per heavy atom. The van der Waals surface area contributed by atoms with Crippen LogP contribution in [0.4, 0.5) is 5.69 Å². The van der Waals surface area contributed by atoms with Crippen molar-refractivity contribution in [1.29, 1.82) is 0 Å². The van der Waals surface area contributed by atoms with E-state index in [2.05, 4.69) is 28.8 Å². The van der Waals surface area contributed by atoms with Crippen LogP contribution in [0, 0.1) is 34.6 Å². The summed E-state index contributed by atoms with van der Waals surface area (Å²) in [6.45, 7) is 13.8. The predicted octanol–water partition coefficient (Wildman–Crippen LogP) is 4.90. The summed E-state index contributed by atoms with van der Waals surface area (Å²) in [6, 6.07) is 10.3. The van der Waals surface area contributed by atoms with E-state index in [1.165, 1.54) is 0 Å². The van der Waals surface area contributed by atoms with E-state index in [4.69, 9.17) is 0 Å². The van der Waals surface area contributed by atoms with Crippen LogP contribution in [-0.4, -0.2) is 23.2 Å². The molecule has 0 aliphatic carbocycles. The molecule has 6 nitrogen and oxygen atoms in total. The SMILES string of the molecule is C.[CH2-]CC([CH2-])n1cnnc1-c1cc(C)c(C)cc1NS(=O)(=O)c1ccc(C)cc1.[W+2]. The van der Waals surface area contributed by atoms with Gasteiger partial charge in [-0.2, -0.15) is 6.42 Å². The van der Waals surface area contributed by atoms with Gasteiger partial charge in [-0.3, -0.25) is 4.72 Å². The van der Waals surface area contributed by atoms with Gasteiger partial charge in [0.2, 0.25) is 0 Å². The molecule has 1 N–H and O–H groups in total. The van der Waals surface area contributed by atoms with Gasteiger partial charge < -0.3 is 18.4 Å². The number of hydrogen-bond acceptors (Lipinski definition) is 4. The molecule has 1 atom stereocenters. The minimum absolute atomic E-state index is 0. The van der Waals surface area contributed by atoms with Gasteiger partial charge in [-0.15, -0.1) is 16.2 Å². The van der Waals surface area contributed by atoms with Crippen molar-refractivity contribution in [2.24, 2.45) is 0 Å². The average Bonchev–Trinajstić information content (AvgIpc) is 3.13. The largest absolute Gasteiger partial charge is 2.00 e. The van der Waals surface area contributed by atoms with Crippen LogP contribution in [0.2, 0.25) is 0 Å². The van der Waals surface area contributed by atoms with E-state index in [-0.39, 0.29) is 39.4 Å². The number of nitrogens with one attached hydrogen (secondary N) is 1. The fourth-order valence-corrected chi connectivity index (χ4v) is 3.92. The zero-order valence-electron chi connectivity index (χ0n) is 16.7. The summed E-state index contributed by atoms with van der Waals surface area (Å²) in [4.78, 5) is 0.205. The monoisotopic (exact) mass is 596 g/mol. The van der Waals surface area contributed by atoms with Crippen molar-refractivity contribution in [3.05, 3.63) is 73.3 Å². The Bertz CT molecular complexity index is 1090. The van der Waals surface area contributed by atoms with E-state index in [0.29, 0.717) is 23.5 Å². The van der Waals surface area contributed by atoms with Crippen molar-refractivity contribution >= 4 is 15.7 Å². The van der Waals surface area contributed by atoms with Gasteiger partial charge in [-0.1, -0.05) is 25.1 Å². The first-order valence-electron chi connectivity index (χ1n) is 8.96. The Morgan fingerprint density at radius 2 is 1.70 bits per heavy atom. The van der Waals surface area contributed by atoms with Crippen LogP contribution in [0.15, 0.2) is 47.6 Å². The third kappa shape index (κ3) is 5.38. The fraction of sp³-hybridized carbons (Fsp3) is 0.273. The van der Waals surface area contributed by atoms with Crippen molar-refractivity contribution in [2.45, 2.75) is 45.6 Å². The first-order valence-corrected chi connectivity index (χ1v) is 10.4. The van der Waals surface area contributed by atoms with E-state index < -0.39 is 10.0 Å². The first kappa shape index (κ1) is 26.1. The number of aryl methyl sites for hydroxylation is 3. The van der Waals surface area contributed by atoms with E-state index in [1.807, 2.05) is 32.9 Å². The van der Waals surface area contributed by atoms with Crippen LogP contribution in [0.25, 0.3) is 11.4 Å². The zero-order valence-corrected chi connectivity index (χ0v) is 20.5. The fourth-order valence-electron chi connectivity index (χ4n) is 2.85. The molecule has 0 spiro atoms. The molecule has 2 aromatic carbocycles. The Labute approximate surface area is 194 Å². The summed E-state index contributed by atoms with van der Waals surface area (Å²) in [5.74, 6) is 0.549. The van der Waals surface area contributed by atoms with E-state index in [9.17, 15) is 8.42 Å². The van der Waals surface area contributed by atoms with Crippen molar-refractivity contribution < 1.29 is 29.5 Å². The molecule has 30 heavy (non-hydrogen) atoms. The number of sulfonamides is 1. The number of aromatic nitrogens is 3. The molecule has 1 heterocycles. The maximum Gasteiger partial charge on any atom is 2.00 e. The Kier molecular flexibility index (Phi) is 9.00. The van der Waals surface area contributed by atoms with E-state index in [1.54, 1.807) is 35.2 Å². The quantitative estimate of drug-likeness (QED) is 0.411. The second-order valence-electron chi connectivity index (χ2n) is 6.90. The van der Waals surface area contributed by atoms with E-state index in [0.717, 1.165) is 16.7 Å². The number of hydrogen-bond donors (Lipinski definition) is 1. The van der Waals surface area contributed by atoms with Gasteiger partial charge in [0.15, 0.2) is 5.82 Å². The molecule has 0 aliphatic heterocycles. The molecule has 0 saturated carbocycles. The normalized spacial score (nSPS) is 11.9. The van der Waals surface area contributed by atoms with Crippen LogP contribution >= 0.6 is 0 Å². The van der Waals surface area contributed by atoms with Crippen LogP contribution in [0.1, 0.15) is 36.6 Å². The molecule has 0 amide bonds. The molecule has 8 heteroatoms. The Morgan fingerprint density at radius 3 is 2.30 bits per heavy atom. The molecule has 1 unspecified atom stereocenters. The van der Waals surface area contributed by atoms with Crippen LogP contribution in [0.3, 0.4) is 0 Å². The molecule has 1 aromatic heterocycles. The second kappa shape index (κ2) is 10.4. The smallest absolute Gasteiger partial charge is 0.344 e. The molecule has 0 aliphatic rings. The maximum absolute atomic E-state index is 12.9. The molecule has 0 saturated heterocycles. The van der Waals surface area contributed by atoms with Crippen molar-refractivity contribution in [1.82, 2.24) is 14.8 Å². The number of nitrogens with zero attached hydrogens (tertiary/aromatic N) is 3. The van der Waals surface area contributed by atoms with Gasteiger partial charge in [0.25, 0.3) is 10.0 Å². The second-order valence-corrected chi connectivity index (χ2v) is 8.59. The molecular weight excluding hydrogens is 568 g/mol. The molecule has 0 fully saturated rings. The van der Waals surface area contributed by atoms with Crippen LogP contribution < -0.4 is 4.72 Å². The van der Waals surface area contributed by atoms with Crippen molar-refractivity contribution in [2.75, 3.05) is 4.72 Å². The average molecular weight is 596 g/mol. The topological polar surface area (TPSA) is 76.9 Å². The minimum atomic E-state index is -3.75. The third-order valence-corrected chi connectivity index (χ3v) is 6.13. The molecule has 160 valence electrons. The van der Waals surface area contributed by atoms with Gasteiger partial charge in [0.1, 0.15) is 6.33 Å². The maximum atomic E-state index is 12.9. The molecule has 0 bridgehead atoms. The van der Waals surface area contributed by atoms with Gasteiger partial charge in [0.05, 0.1) is 10.6 Å². The molecular formula is C22H28N4O2SW. The zero-order chi connectivity index (χ0) is 20.5. The summed E-state index contributed by atoms with van der Waals surface area (Å²) >= 11 is 0.